The van der Waals surface area contributed by atoms with Gasteiger partial charge in [0, 0.05) is 30.9 Å². The summed E-state index contributed by atoms with van der Waals surface area (Å²) in [4.78, 5) is 6.30. The van der Waals surface area contributed by atoms with Gasteiger partial charge in [-0.2, -0.15) is 0 Å². The molecule has 0 amide bonds. The summed E-state index contributed by atoms with van der Waals surface area (Å²) in [5.41, 5.74) is 1.00. The minimum absolute atomic E-state index is 0.422. The summed E-state index contributed by atoms with van der Waals surface area (Å²) >= 11 is 1.60. The first-order valence-electron chi connectivity index (χ1n) is 4.56. The number of likely N-dealkylation sites (tertiary alicyclic amines) is 1. The largest absolute Gasteiger partial charge is 0.296 e. The summed E-state index contributed by atoms with van der Waals surface area (Å²) in [5.74, 6) is -0.422. The van der Waals surface area contributed by atoms with E-state index in [9.17, 15) is 8.78 Å². The number of nitrogens with zero attached hydrogens (tertiary/aromatic N) is 2. The Balaban J connectivity index is 1.79. The highest BCUT2D eigenvalue weighted by Crippen LogP contribution is 2.24. The topological polar surface area (TPSA) is 16.1 Å². The Bertz CT molecular complexity index is 308. The van der Waals surface area contributed by atoms with E-state index in [1.165, 1.54) is 0 Å². The van der Waals surface area contributed by atoms with Gasteiger partial charge in [0.25, 0.3) is 0 Å². The van der Waals surface area contributed by atoms with Crippen LogP contribution in [0.3, 0.4) is 0 Å². The van der Waals surface area contributed by atoms with Gasteiger partial charge in [-0.1, -0.05) is 0 Å². The van der Waals surface area contributed by atoms with Gasteiger partial charge < -0.3 is 0 Å². The fourth-order valence-corrected chi connectivity index (χ4v) is 2.21. The highest BCUT2D eigenvalue weighted by molar-refractivity contribution is 7.09. The lowest BCUT2D eigenvalue weighted by atomic mass is 10.0. The summed E-state index contributed by atoms with van der Waals surface area (Å²) in [6.45, 7) is 3.68. The van der Waals surface area contributed by atoms with Crippen molar-refractivity contribution in [3.8, 4) is 0 Å². The van der Waals surface area contributed by atoms with Crippen LogP contribution in [0.25, 0.3) is 0 Å². The van der Waals surface area contributed by atoms with Crippen LogP contribution in [0.1, 0.15) is 10.7 Å². The molecule has 78 valence electrons. The van der Waals surface area contributed by atoms with Crippen molar-refractivity contribution in [3.63, 3.8) is 0 Å². The van der Waals surface area contributed by atoms with E-state index in [4.69, 9.17) is 0 Å². The SMILES string of the molecule is Cc1nc(CN2CC(C(F)F)C2)cs1. The summed E-state index contributed by atoms with van der Waals surface area (Å²) in [6, 6.07) is 0. The van der Waals surface area contributed by atoms with E-state index in [1.807, 2.05) is 17.2 Å². The van der Waals surface area contributed by atoms with Gasteiger partial charge in [0.05, 0.1) is 10.7 Å². The van der Waals surface area contributed by atoms with Crippen molar-refractivity contribution < 1.29 is 8.78 Å². The van der Waals surface area contributed by atoms with E-state index in [0.29, 0.717) is 19.6 Å². The van der Waals surface area contributed by atoms with E-state index in [0.717, 1.165) is 10.7 Å². The van der Waals surface area contributed by atoms with E-state index in [2.05, 4.69) is 4.98 Å². The fraction of sp³-hybridized carbons (Fsp3) is 0.667. The van der Waals surface area contributed by atoms with E-state index >= 15 is 0 Å². The Labute approximate surface area is 85.6 Å². The molecule has 14 heavy (non-hydrogen) atoms. The molecule has 0 atom stereocenters. The molecule has 1 fully saturated rings. The number of aromatic nitrogens is 1. The van der Waals surface area contributed by atoms with Crippen molar-refractivity contribution in [1.82, 2.24) is 9.88 Å². The number of aryl methyl sites for hydroxylation is 1. The Kier molecular flexibility index (Phi) is 2.78. The maximum Gasteiger partial charge on any atom is 0.243 e. The third-order valence-corrected chi connectivity index (χ3v) is 3.22. The average Bonchev–Trinajstić information content (AvgIpc) is 2.42. The van der Waals surface area contributed by atoms with Gasteiger partial charge in [0.15, 0.2) is 0 Å². The number of hydrogen-bond acceptors (Lipinski definition) is 3. The molecule has 0 unspecified atom stereocenters. The second-order valence-corrected chi connectivity index (χ2v) is 4.71. The summed E-state index contributed by atoms with van der Waals surface area (Å²) < 4.78 is 24.3. The average molecular weight is 218 g/mol. The molecular weight excluding hydrogens is 206 g/mol. The number of halogens is 2. The lowest BCUT2D eigenvalue weighted by molar-refractivity contribution is -0.0283. The second-order valence-electron chi connectivity index (χ2n) is 3.65. The van der Waals surface area contributed by atoms with E-state index in [-0.39, 0.29) is 0 Å². The number of alkyl halides is 2. The first kappa shape index (κ1) is 9.98. The predicted octanol–water partition coefficient (Wildman–Crippen LogP) is 2.15. The Morgan fingerprint density at radius 1 is 1.64 bits per heavy atom. The molecule has 0 saturated carbocycles. The number of hydrogen-bond donors (Lipinski definition) is 0. The standard InChI is InChI=1S/C9H12F2N2S/c1-6-12-8(5-14-6)4-13-2-7(3-13)9(10)11/h5,7,9H,2-4H2,1H3. The minimum atomic E-state index is -2.16. The van der Waals surface area contributed by atoms with Crippen LogP contribution >= 0.6 is 11.3 Å². The third-order valence-electron chi connectivity index (χ3n) is 2.39. The van der Waals surface area contributed by atoms with Crippen molar-refractivity contribution in [2.24, 2.45) is 5.92 Å². The molecule has 1 aromatic heterocycles. The smallest absolute Gasteiger partial charge is 0.243 e. The number of rotatable bonds is 3. The van der Waals surface area contributed by atoms with Crippen LogP contribution in [0.5, 0.6) is 0 Å². The Morgan fingerprint density at radius 3 is 2.86 bits per heavy atom. The zero-order valence-corrected chi connectivity index (χ0v) is 8.73. The second kappa shape index (κ2) is 3.90. The highest BCUT2D eigenvalue weighted by atomic mass is 32.1. The van der Waals surface area contributed by atoms with Crippen molar-refractivity contribution in [1.29, 1.82) is 0 Å². The minimum Gasteiger partial charge on any atom is -0.296 e. The van der Waals surface area contributed by atoms with Gasteiger partial charge in [-0.05, 0) is 6.92 Å². The Morgan fingerprint density at radius 2 is 2.36 bits per heavy atom. The lowest BCUT2D eigenvalue weighted by Crippen LogP contribution is -2.49. The summed E-state index contributed by atoms with van der Waals surface area (Å²) in [5, 5.41) is 3.02. The molecule has 0 N–H and O–H groups in total. The maximum atomic E-state index is 12.2. The fourth-order valence-electron chi connectivity index (χ4n) is 1.61. The van der Waals surface area contributed by atoms with Gasteiger partial charge in [-0.3, -0.25) is 4.90 Å². The molecule has 0 bridgehead atoms. The highest BCUT2D eigenvalue weighted by Gasteiger charge is 2.33. The molecular formula is C9H12F2N2S. The molecule has 2 rings (SSSR count). The lowest BCUT2D eigenvalue weighted by Gasteiger charge is -2.38. The van der Waals surface area contributed by atoms with Crippen LogP contribution in [0.4, 0.5) is 8.78 Å². The summed E-state index contributed by atoms with van der Waals surface area (Å²) in [6.07, 6.45) is -2.16. The van der Waals surface area contributed by atoms with Gasteiger partial charge in [-0.25, -0.2) is 13.8 Å². The number of thiazole rings is 1. The molecule has 1 aliphatic rings. The summed E-state index contributed by atoms with van der Waals surface area (Å²) in [7, 11) is 0. The zero-order chi connectivity index (χ0) is 10.1. The molecule has 5 heteroatoms. The quantitative estimate of drug-likeness (QED) is 0.772. The molecule has 2 nitrogen and oxygen atoms in total. The van der Waals surface area contributed by atoms with Crippen molar-refractivity contribution in [2.75, 3.05) is 13.1 Å². The van der Waals surface area contributed by atoms with Crippen molar-refractivity contribution >= 4 is 11.3 Å². The van der Waals surface area contributed by atoms with Crippen molar-refractivity contribution in [3.05, 3.63) is 16.1 Å². The first-order valence-corrected chi connectivity index (χ1v) is 5.44. The molecule has 1 aromatic rings. The molecule has 0 spiro atoms. The first-order chi connectivity index (χ1) is 6.65. The van der Waals surface area contributed by atoms with Crippen LogP contribution in [-0.2, 0) is 6.54 Å². The van der Waals surface area contributed by atoms with Gasteiger partial charge in [0.2, 0.25) is 6.43 Å². The third kappa shape index (κ3) is 2.09. The maximum absolute atomic E-state index is 12.2. The molecule has 0 radical (unpaired) electrons. The van der Waals surface area contributed by atoms with Gasteiger partial charge in [-0.15, -0.1) is 11.3 Å². The van der Waals surface area contributed by atoms with E-state index < -0.39 is 12.3 Å². The predicted molar refractivity (Wildman–Crippen MR) is 51.6 cm³/mol. The Hall–Kier alpha value is -0.550. The van der Waals surface area contributed by atoms with Crippen LogP contribution in [0, 0.1) is 12.8 Å². The molecule has 1 saturated heterocycles. The van der Waals surface area contributed by atoms with Crippen LogP contribution in [0.2, 0.25) is 0 Å². The molecule has 2 heterocycles. The monoisotopic (exact) mass is 218 g/mol. The van der Waals surface area contributed by atoms with E-state index in [1.54, 1.807) is 11.3 Å². The van der Waals surface area contributed by atoms with Crippen LogP contribution in [-0.4, -0.2) is 29.4 Å². The zero-order valence-electron chi connectivity index (χ0n) is 7.91. The normalized spacial score (nSPS) is 18.9. The van der Waals surface area contributed by atoms with Crippen LogP contribution < -0.4 is 0 Å². The van der Waals surface area contributed by atoms with Gasteiger partial charge in [0.1, 0.15) is 0 Å². The van der Waals surface area contributed by atoms with Crippen LogP contribution in [0.15, 0.2) is 5.38 Å². The molecule has 0 aliphatic carbocycles. The molecule has 1 aliphatic heterocycles. The van der Waals surface area contributed by atoms with Crippen molar-refractivity contribution in [2.45, 2.75) is 19.9 Å². The van der Waals surface area contributed by atoms with Gasteiger partial charge >= 0.3 is 0 Å². The molecule has 0 aromatic carbocycles.